The second-order valence-electron chi connectivity index (χ2n) is 5.41. The fraction of sp³-hybridized carbons (Fsp3) is 0.462. The minimum atomic E-state index is -0.882. The van der Waals surface area contributed by atoms with Gasteiger partial charge in [0.25, 0.3) is 5.69 Å². The SMILES string of the molecule is CC1(C(=O)O)CCCN(c2c(Cl)cc([N+](=O)[O-])cc2Cl)C1. The lowest BCUT2D eigenvalue weighted by atomic mass is 9.82. The predicted octanol–water partition coefficient (Wildman–Crippen LogP) is 3.59. The van der Waals surface area contributed by atoms with E-state index in [-0.39, 0.29) is 22.3 Å². The van der Waals surface area contributed by atoms with E-state index >= 15 is 0 Å². The minimum Gasteiger partial charge on any atom is -0.481 e. The highest BCUT2D eigenvalue weighted by molar-refractivity contribution is 6.39. The van der Waals surface area contributed by atoms with E-state index in [0.717, 1.165) is 0 Å². The highest BCUT2D eigenvalue weighted by Gasteiger charge is 2.39. The molecule has 1 aliphatic heterocycles. The molecule has 1 atom stereocenters. The van der Waals surface area contributed by atoms with Crippen molar-refractivity contribution in [2.24, 2.45) is 5.41 Å². The number of rotatable bonds is 3. The largest absolute Gasteiger partial charge is 0.481 e. The molecule has 1 N–H and O–H groups in total. The van der Waals surface area contributed by atoms with Gasteiger partial charge in [-0.3, -0.25) is 14.9 Å². The quantitative estimate of drug-likeness (QED) is 0.675. The van der Waals surface area contributed by atoms with Crippen LogP contribution in [-0.2, 0) is 4.79 Å². The molecule has 0 spiro atoms. The standard InChI is InChI=1S/C13H14Cl2N2O4/c1-13(12(18)19)3-2-4-16(7-13)11-9(14)5-8(17(20)21)6-10(11)15/h5-6H,2-4,7H2,1H3,(H,18,19). The summed E-state index contributed by atoms with van der Waals surface area (Å²) in [6, 6.07) is 2.46. The first-order chi connectivity index (χ1) is 9.74. The summed E-state index contributed by atoms with van der Waals surface area (Å²) in [5.74, 6) is -0.874. The van der Waals surface area contributed by atoms with Gasteiger partial charge in [0.05, 0.1) is 26.1 Å². The van der Waals surface area contributed by atoms with Crippen molar-refractivity contribution < 1.29 is 14.8 Å². The Morgan fingerprint density at radius 2 is 2.00 bits per heavy atom. The number of carbonyl (C=O) groups is 1. The highest BCUT2D eigenvalue weighted by atomic mass is 35.5. The second-order valence-corrected chi connectivity index (χ2v) is 6.22. The summed E-state index contributed by atoms with van der Waals surface area (Å²) in [6.45, 7) is 2.55. The summed E-state index contributed by atoms with van der Waals surface area (Å²) in [5, 5.41) is 20.4. The van der Waals surface area contributed by atoms with Crippen molar-refractivity contribution in [3.8, 4) is 0 Å². The molecular weight excluding hydrogens is 319 g/mol. The molecule has 1 saturated heterocycles. The number of non-ortho nitro benzene ring substituents is 1. The maximum absolute atomic E-state index is 11.4. The van der Waals surface area contributed by atoms with Gasteiger partial charge in [-0.1, -0.05) is 23.2 Å². The van der Waals surface area contributed by atoms with E-state index in [0.29, 0.717) is 25.1 Å². The van der Waals surface area contributed by atoms with Crippen LogP contribution < -0.4 is 4.90 Å². The first-order valence-corrected chi connectivity index (χ1v) is 7.12. The average Bonchev–Trinajstić information content (AvgIpc) is 2.37. The molecule has 0 aromatic heterocycles. The maximum atomic E-state index is 11.4. The Kier molecular flexibility index (Phi) is 4.30. The lowest BCUT2D eigenvalue weighted by Gasteiger charge is -2.39. The number of carboxylic acid groups (broad SMARTS) is 1. The molecule has 21 heavy (non-hydrogen) atoms. The average molecular weight is 333 g/mol. The molecule has 6 nitrogen and oxygen atoms in total. The Balaban J connectivity index is 2.38. The van der Waals surface area contributed by atoms with Crippen LogP contribution in [0.1, 0.15) is 19.8 Å². The van der Waals surface area contributed by atoms with Crippen LogP contribution in [-0.4, -0.2) is 29.1 Å². The second kappa shape index (κ2) is 5.69. The van der Waals surface area contributed by atoms with Crippen molar-refractivity contribution >= 4 is 40.5 Å². The van der Waals surface area contributed by atoms with Crippen molar-refractivity contribution in [3.05, 3.63) is 32.3 Å². The number of carboxylic acids is 1. The van der Waals surface area contributed by atoms with Crippen LogP contribution in [0.4, 0.5) is 11.4 Å². The third-order valence-corrected chi connectivity index (χ3v) is 4.32. The van der Waals surface area contributed by atoms with Gasteiger partial charge in [-0.2, -0.15) is 0 Å². The minimum absolute atomic E-state index is 0.156. The summed E-state index contributed by atoms with van der Waals surface area (Å²) in [6.07, 6.45) is 1.26. The number of benzene rings is 1. The number of nitro benzene ring substituents is 1. The third kappa shape index (κ3) is 3.06. The number of hydrogen-bond donors (Lipinski definition) is 1. The normalized spacial score (nSPS) is 22.1. The summed E-state index contributed by atoms with van der Waals surface area (Å²) in [5.41, 5.74) is -0.616. The van der Waals surface area contributed by atoms with Crippen LogP contribution in [0.3, 0.4) is 0 Å². The number of piperidine rings is 1. The molecule has 0 radical (unpaired) electrons. The molecule has 1 unspecified atom stereocenters. The van der Waals surface area contributed by atoms with E-state index < -0.39 is 16.3 Å². The van der Waals surface area contributed by atoms with Crippen LogP contribution in [0, 0.1) is 15.5 Å². The Hall–Kier alpha value is -1.53. The molecule has 1 aromatic carbocycles. The van der Waals surface area contributed by atoms with Crippen molar-refractivity contribution in [3.63, 3.8) is 0 Å². The fourth-order valence-electron chi connectivity index (χ4n) is 2.56. The third-order valence-electron chi connectivity index (χ3n) is 3.74. The molecule has 1 heterocycles. The number of hydrogen-bond acceptors (Lipinski definition) is 4. The first kappa shape index (κ1) is 15.9. The van der Waals surface area contributed by atoms with Gasteiger partial charge in [0.15, 0.2) is 0 Å². The number of anilines is 1. The molecule has 0 saturated carbocycles. The van der Waals surface area contributed by atoms with Crippen LogP contribution in [0.2, 0.25) is 10.0 Å². The van der Waals surface area contributed by atoms with E-state index in [1.165, 1.54) is 12.1 Å². The molecule has 114 valence electrons. The highest BCUT2D eigenvalue weighted by Crippen LogP contribution is 2.41. The van der Waals surface area contributed by atoms with E-state index in [1.54, 1.807) is 11.8 Å². The Morgan fingerprint density at radius 1 is 1.43 bits per heavy atom. The zero-order chi connectivity index (χ0) is 15.8. The molecule has 1 aliphatic rings. The Bertz CT molecular complexity index is 585. The molecular formula is C13H14Cl2N2O4. The van der Waals surface area contributed by atoms with Crippen molar-refractivity contribution in [1.82, 2.24) is 0 Å². The smallest absolute Gasteiger partial charge is 0.311 e. The predicted molar refractivity (Wildman–Crippen MR) is 80.3 cm³/mol. The summed E-state index contributed by atoms with van der Waals surface area (Å²) in [7, 11) is 0. The molecule has 1 aromatic rings. The molecule has 2 rings (SSSR count). The monoisotopic (exact) mass is 332 g/mol. The molecule has 0 amide bonds. The number of nitrogens with zero attached hydrogens (tertiary/aromatic N) is 2. The van der Waals surface area contributed by atoms with Crippen molar-refractivity contribution in [2.45, 2.75) is 19.8 Å². The van der Waals surface area contributed by atoms with Crippen molar-refractivity contribution in [1.29, 1.82) is 0 Å². The molecule has 1 fully saturated rings. The molecule has 0 bridgehead atoms. The van der Waals surface area contributed by atoms with Gasteiger partial charge in [0, 0.05) is 25.2 Å². The fourth-order valence-corrected chi connectivity index (χ4v) is 3.28. The van der Waals surface area contributed by atoms with Gasteiger partial charge in [-0.25, -0.2) is 0 Å². The van der Waals surface area contributed by atoms with Crippen LogP contribution >= 0.6 is 23.2 Å². The number of nitro groups is 1. The lowest BCUT2D eigenvalue weighted by Crippen LogP contribution is -2.46. The molecule has 0 aliphatic carbocycles. The summed E-state index contributed by atoms with van der Waals surface area (Å²) >= 11 is 12.2. The van der Waals surface area contributed by atoms with Gasteiger partial charge >= 0.3 is 5.97 Å². The maximum Gasteiger partial charge on any atom is 0.311 e. The number of aliphatic carboxylic acids is 1. The van der Waals surface area contributed by atoms with E-state index in [1.807, 2.05) is 0 Å². The van der Waals surface area contributed by atoms with E-state index in [4.69, 9.17) is 23.2 Å². The number of halogens is 2. The topological polar surface area (TPSA) is 83.7 Å². The lowest BCUT2D eigenvalue weighted by molar-refractivity contribution is -0.384. The van der Waals surface area contributed by atoms with Gasteiger partial charge < -0.3 is 10.0 Å². The van der Waals surface area contributed by atoms with Gasteiger partial charge in [0.2, 0.25) is 0 Å². The van der Waals surface area contributed by atoms with Crippen LogP contribution in [0.5, 0.6) is 0 Å². The van der Waals surface area contributed by atoms with E-state index in [2.05, 4.69) is 0 Å². The van der Waals surface area contributed by atoms with Crippen molar-refractivity contribution in [2.75, 3.05) is 18.0 Å². The zero-order valence-corrected chi connectivity index (χ0v) is 12.8. The Labute approximate surface area is 131 Å². The van der Waals surface area contributed by atoms with Gasteiger partial charge in [0.1, 0.15) is 0 Å². The van der Waals surface area contributed by atoms with Gasteiger partial charge in [-0.15, -0.1) is 0 Å². The molecule has 8 heteroatoms. The van der Waals surface area contributed by atoms with E-state index in [9.17, 15) is 20.0 Å². The first-order valence-electron chi connectivity index (χ1n) is 6.36. The summed E-state index contributed by atoms with van der Waals surface area (Å²) in [4.78, 5) is 23.4. The van der Waals surface area contributed by atoms with Crippen LogP contribution in [0.25, 0.3) is 0 Å². The zero-order valence-electron chi connectivity index (χ0n) is 11.3. The van der Waals surface area contributed by atoms with Gasteiger partial charge in [-0.05, 0) is 19.8 Å². The summed E-state index contributed by atoms with van der Waals surface area (Å²) < 4.78 is 0. The van der Waals surface area contributed by atoms with Crippen LogP contribution in [0.15, 0.2) is 12.1 Å². The Morgan fingerprint density at radius 3 is 2.48 bits per heavy atom.